The Bertz CT molecular complexity index is 657. The highest BCUT2D eigenvalue weighted by Gasteiger charge is 2.19. The predicted molar refractivity (Wildman–Crippen MR) is 83.2 cm³/mol. The van der Waals surface area contributed by atoms with Crippen LogP contribution >= 0.6 is 12.2 Å². The Morgan fingerprint density at radius 2 is 2.15 bits per heavy atom. The number of rotatable bonds is 3. The van der Waals surface area contributed by atoms with Crippen LogP contribution in [-0.2, 0) is 6.42 Å². The zero-order valence-corrected chi connectivity index (χ0v) is 12.5. The minimum atomic E-state index is 0.616. The molecular formula is C16H19N3S. The fourth-order valence-corrected chi connectivity index (χ4v) is 3.22. The molecule has 3 nitrogen and oxygen atoms in total. The zero-order valence-electron chi connectivity index (χ0n) is 11.7. The van der Waals surface area contributed by atoms with Crippen molar-refractivity contribution in [2.75, 3.05) is 0 Å². The molecule has 0 spiro atoms. The fourth-order valence-electron chi connectivity index (χ4n) is 3.00. The standard InChI is InChI=1S/C16H19N3S/c1-2-11-10-17-8-7-13(11)16-18-14(9-15(20)19-16)12-5-3-4-6-12/h7-10,12H,2-6H2,1H3,(H,18,19,20). The second kappa shape index (κ2) is 5.83. The van der Waals surface area contributed by atoms with Gasteiger partial charge in [0, 0.05) is 23.7 Å². The Morgan fingerprint density at radius 1 is 1.35 bits per heavy atom. The van der Waals surface area contributed by atoms with Crippen LogP contribution in [0.25, 0.3) is 11.4 Å². The Labute approximate surface area is 124 Å². The number of nitrogens with zero attached hydrogens (tertiary/aromatic N) is 2. The minimum absolute atomic E-state index is 0.616. The number of aryl methyl sites for hydroxylation is 1. The summed E-state index contributed by atoms with van der Waals surface area (Å²) in [4.78, 5) is 12.2. The summed E-state index contributed by atoms with van der Waals surface area (Å²) in [6.07, 6.45) is 9.82. The van der Waals surface area contributed by atoms with Crippen LogP contribution in [0.2, 0.25) is 0 Å². The lowest BCUT2D eigenvalue weighted by Gasteiger charge is -2.13. The van der Waals surface area contributed by atoms with Gasteiger partial charge in [0.1, 0.15) is 10.5 Å². The molecule has 0 aromatic carbocycles. The van der Waals surface area contributed by atoms with Gasteiger partial charge in [-0.2, -0.15) is 0 Å². The summed E-state index contributed by atoms with van der Waals surface area (Å²) in [5.74, 6) is 1.50. The van der Waals surface area contributed by atoms with Crippen molar-refractivity contribution in [1.82, 2.24) is 15.0 Å². The summed E-state index contributed by atoms with van der Waals surface area (Å²) < 4.78 is 0.680. The first-order valence-electron chi connectivity index (χ1n) is 7.32. The third-order valence-electron chi connectivity index (χ3n) is 4.10. The van der Waals surface area contributed by atoms with Gasteiger partial charge in [-0.1, -0.05) is 32.0 Å². The number of aromatic nitrogens is 3. The zero-order chi connectivity index (χ0) is 13.9. The predicted octanol–water partition coefficient (Wildman–Crippen LogP) is 4.42. The molecular weight excluding hydrogens is 266 g/mol. The van der Waals surface area contributed by atoms with Crippen LogP contribution < -0.4 is 0 Å². The average Bonchev–Trinajstić information content (AvgIpc) is 3.01. The van der Waals surface area contributed by atoms with Crippen LogP contribution in [0.5, 0.6) is 0 Å². The number of nitrogens with one attached hydrogen (secondary N) is 1. The molecule has 3 rings (SSSR count). The van der Waals surface area contributed by atoms with E-state index < -0.39 is 0 Å². The molecule has 2 heterocycles. The topological polar surface area (TPSA) is 41.6 Å². The highest BCUT2D eigenvalue weighted by molar-refractivity contribution is 7.71. The first-order valence-corrected chi connectivity index (χ1v) is 7.73. The van der Waals surface area contributed by atoms with Gasteiger partial charge < -0.3 is 4.98 Å². The second-order valence-corrected chi connectivity index (χ2v) is 5.81. The van der Waals surface area contributed by atoms with Crippen molar-refractivity contribution in [2.45, 2.75) is 44.9 Å². The number of pyridine rings is 1. The molecule has 1 aliphatic carbocycles. The van der Waals surface area contributed by atoms with Gasteiger partial charge in [-0.05, 0) is 42.9 Å². The van der Waals surface area contributed by atoms with Crippen molar-refractivity contribution in [2.24, 2.45) is 0 Å². The smallest absolute Gasteiger partial charge is 0.139 e. The summed E-state index contributed by atoms with van der Waals surface area (Å²) >= 11 is 5.36. The van der Waals surface area contributed by atoms with Crippen LogP contribution in [0, 0.1) is 4.64 Å². The van der Waals surface area contributed by atoms with E-state index in [4.69, 9.17) is 12.2 Å². The molecule has 0 radical (unpaired) electrons. The van der Waals surface area contributed by atoms with Crippen molar-refractivity contribution in [3.8, 4) is 11.4 Å². The quantitative estimate of drug-likeness (QED) is 0.849. The minimum Gasteiger partial charge on any atom is -0.343 e. The summed E-state index contributed by atoms with van der Waals surface area (Å²) in [5.41, 5.74) is 3.57. The highest BCUT2D eigenvalue weighted by Crippen LogP contribution is 2.33. The average molecular weight is 285 g/mol. The van der Waals surface area contributed by atoms with Gasteiger partial charge in [-0.15, -0.1) is 0 Å². The molecule has 0 amide bonds. The molecule has 2 aromatic heterocycles. The van der Waals surface area contributed by atoms with Crippen molar-refractivity contribution >= 4 is 12.2 Å². The van der Waals surface area contributed by atoms with Crippen LogP contribution in [0.4, 0.5) is 0 Å². The third-order valence-corrected chi connectivity index (χ3v) is 4.31. The number of H-pyrrole nitrogens is 1. The van der Waals surface area contributed by atoms with Crippen LogP contribution in [0.1, 0.15) is 49.8 Å². The maximum Gasteiger partial charge on any atom is 0.139 e. The van der Waals surface area contributed by atoms with Gasteiger partial charge in [0.25, 0.3) is 0 Å². The van der Waals surface area contributed by atoms with Gasteiger partial charge in [0.05, 0.1) is 0 Å². The van der Waals surface area contributed by atoms with Gasteiger partial charge in [0.15, 0.2) is 0 Å². The molecule has 0 atom stereocenters. The molecule has 0 unspecified atom stereocenters. The monoisotopic (exact) mass is 285 g/mol. The van der Waals surface area contributed by atoms with E-state index in [0.29, 0.717) is 10.6 Å². The molecule has 4 heteroatoms. The Balaban J connectivity index is 2.07. The molecule has 104 valence electrons. The van der Waals surface area contributed by atoms with Crippen molar-refractivity contribution in [3.63, 3.8) is 0 Å². The third kappa shape index (κ3) is 2.66. The lowest BCUT2D eigenvalue weighted by molar-refractivity contribution is 0.694. The van der Waals surface area contributed by atoms with E-state index in [0.717, 1.165) is 17.8 Å². The Kier molecular flexibility index (Phi) is 3.92. The number of hydrogen-bond donors (Lipinski definition) is 1. The summed E-state index contributed by atoms with van der Waals surface area (Å²) in [7, 11) is 0. The van der Waals surface area contributed by atoms with Crippen LogP contribution in [-0.4, -0.2) is 15.0 Å². The molecule has 1 aliphatic rings. The molecule has 0 bridgehead atoms. The van der Waals surface area contributed by atoms with Crippen molar-refractivity contribution in [3.05, 3.63) is 40.4 Å². The number of hydrogen-bond acceptors (Lipinski definition) is 3. The van der Waals surface area contributed by atoms with E-state index in [-0.39, 0.29) is 0 Å². The van der Waals surface area contributed by atoms with E-state index in [9.17, 15) is 0 Å². The SMILES string of the molecule is CCc1cnccc1-c1nc(=S)cc(C2CCCC2)[nH]1. The molecule has 0 aliphatic heterocycles. The summed E-state index contributed by atoms with van der Waals surface area (Å²) in [6.45, 7) is 2.13. The first-order chi connectivity index (χ1) is 9.78. The van der Waals surface area contributed by atoms with Gasteiger partial charge in [-0.25, -0.2) is 4.98 Å². The normalized spacial score (nSPS) is 15.7. The molecule has 20 heavy (non-hydrogen) atoms. The van der Waals surface area contributed by atoms with Crippen molar-refractivity contribution in [1.29, 1.82) is 0 Å². The summed E-state index contributed by atoms with van der Waals surface area (Å²) in [6, 6.07) is 4.05. The lowest BCUT2D eigenvalue weighted by atomic mass is 10.0. The fraction of sp³-hybridized carbons (Fsp3) is 0.438. The van der Waals surface area contributed by atoms with E-state index >= 15 is 0 Å². The van der Waals surface area contributed by atoms with E-state index in [2.05, 4.69) is 21.9 Å². The maximum atomic E-state index is 5.36. The molecule has 1 saturated carbocycles. The first kappa shape index (κ1) is 13.4. The van der Waals surface area contributed by atoms with Crippen LogP contribution in [0.15, 0.2) is 24.5 Å². The second-order valence-electron chi connectivity index (χ2n) is 5.39. The molecule has 1 N–H and O–H groups in total. The summed E-state index contributed by atoms with van der Waals surface area (Å²) in [5, 5.41) is 0. The molecule has 1 fully saturated rings. The van der Waals surface area contributed by atoms with Gasteiger partial charge >= 0.3 is 0 Å². The lowest BCUT2D eigenvalue weighted by Crippen LogP contribution is -2.02. The van der Waals surface area contributed by atoms with E-state index in [1.807, 2.05) is 24.5 Å². The highest BCUT2D eigenvalue weighted by atomic mass is 32.1. The molecule has 2 aromatic rings. The van der Waals surface area contributed by atoms with Gasteiger partial charge in [0.2, 0.25) is 0 Å². The number of aromatic amines is 1. The maximum absolute atomic E-state index is 5.36. The Morgan fingerprint density at radius 3 is 2.90 bits per heavy atom. The van der Waals surface area contributed by atoms with Crippen LogP contribution in [0.3, 0.4) is 0 Å². The Hall–Kier alpha value is -1.55. The van der Waals surface area contributed by atoms with E-state index in [1.54, 1.807) is 0 Å². The van der Waals surface area contributed by atoms with Crippen molar-refractivity contribution < 1.29 is 0 Å². The molecule has 0 saturated heterocycles. The van der Waals surface area contributed by atoms with E-state index in [1.165, 1.54) is 36.9 Å². The largest absolute Gasteiger partial charge is 0.343 e. The van der Waals surface area contributed by atoms with Gasteiger partial charge in [-0.3, -0.25) is 4.98 Å².